The molecule has 0 aliphatic carbocycles. The molecule has 0 aliphatic rings. The van der Waals surface area contributed by atoms with Gasteiger partial charge in [-0.2, -0.15) is 0 Å². The molecule has 0 aliphatic heterocycles. The summed E-state index contributed by atoms with van der Waals surface area (Å²) in [4.78, 5) is 9.93. The Morgan fingerprint density at radius 2 is 1.36 bits per heavy atom. The van der Waals surface area contributed by atoms with Crippen molar-refractivity contribution in [3.63, 3.8) is 0 Å². The fourth-order valence-corrected chi connectivity index (χ4v) is 8.75. The van der Waals surface area contributed by atoms with Crippen molar-refractivity contribution in [1.29, 1.82) is 0 Å². The molecule has 1 atom stereocenters. The van der Waals surface area contributed by atoms with Crippen LogP contribution in [0.3, 0.4) is 0 Å². The molecule has 9 heteroatoms. The molecule has 1 unspecified atom stereocenters. The molecule has 4 rings (SSSR count). The van der Waals surface area contributed by atoms with Crippen LogP contribution < -0.4 is 4.74 Å². The minimum atomic E-state index is -4.08. The van der Waals surface area contributed by atoms with Gasteiger partial charge in [0.2, 0.25) is 0 Å². The van der Waals surface area contributed by atoms with Crippen LogP contribution in [0.1, 0.15) is 19.4 Å². The van der Waals surface area contributed by atoms with Crippen molar-refractivity contribution in [3.05, 3.63) is 103 Å². The van der Waals surface area contributed by atoms with Gasteiger partial charge >= 0.3 is 10.1 Å². The van der Waals surface area contributed by atoms with Gasteiger partial charge in [0.25, 0.3) is 0 Å². The van der Waals surface area contributed by atoms with E-state index in [2.05, 4.69) is 13.6 Å². The first-order chi connectivity index (χ1) is 17.3. The number of aryl methyl sites for hydroxylation is 1. The first-order valence-corrected chi connectivity index (χ1v) is 14.5. The van der Waals surface area contributed by atoms with E-state index >= 15 is 0 Å². The molecule has 0 saturated heterocycles. The summed E-state index contributed by atoms with van der Waals surface area (Å²) in [5.41, 5.74) is 0.957. The van der Waals surface area contributed by atoms with E-state index in [1.54, 1.807) is 73.1 Å². The van der Waals surface area contributed by atoms with Crippen LogP contribution in [0.15, 0.2) is 117 Å². The molecule has 0 spiro atoms. The third kappa shape index (κ3) is 5.60. The van der Waals surface area contributed by atoms with E-state index in [1.165, 1.54) is 0 Å². The highest BCUT2D eigenvalue weighted by Crippen LogP contribution is 2.67. The molecule has 36 heavy (non-hydrogen) atoms. The van der Waals surface area contributed by atoms with Gasteiger partial charge in [0.05, 0.1) is 4.90 Å². The lowest BCUT2D eigenvalue weighted by atomic mass is 10.2. The molecule has 2 aromatic heterocycles. The third-order valence-corrected chi connectivity index (χ3v) is 10.5. The fraction of sp³-hybridized carbons (Fsp3) is 0.185. The molecular weight excluding hydrogens is 496 g/mol. The van der Waals surface area contributed by atoms with Crippen molar-refractivity contribution >= 4 is 20.4 Å². The summed E-state index contributed by atoms with van der Waals surface area (Å²) >= 11 is 0. The maximum Gasteiger partial charge on any atom is 0.422 e. The molecule has 0 fully saturated rings. The Morgan fingerprint density at radius 1 is 0.806 bits per heavy atom. The number of benzene rings is 2. The maximum atomic E-state index is 13.7. The predicted octanol–water partition coefficient (Wildman–Crippen LogP) is 6.23. The van der Waals surface area contributed by atoms with Gasteiger partial charge in [-0.15, -0.1) is 8.42 Å². The lowest BCUT2D eigenvalue weighted by Crippen LogP contribution is -2.20. The number of pyridine rings is 2. The normalized spacial score (nSPS) is 13.2. The van der Waals surface area contributed by atoms with Crippen LogP contribution in [0, 0.1) is 6.92 Å². The van der Waals surface area contributed by atoms with Gasteiger partial charge in [-0.25, -0.2) is 9.97 Å². The number of hydrogen-bond donors (Lipinski definition) is 0. The standard InChI is InChI=1S/C27H28N2O5S2/c1-4-32-22(3)33-23-13-17-24(18-14-23)35(26-9-5-7-19-28-26,27-10-6-8-20-29-27)34-36(30,31)25-15-11-21(2)12-16-25/h5-20,22H,4H2,1-3H3/p+1. The largest absolute Gasteiger partial charge is 0.465 e. The van der Waals surface area contributed by atoms with E-state index in [-0.39, 0.29) is 4.90 Å². The van der Waals surface area contributed by atoms with Crippen molar-refractivity contribution in [3.8, 4) is 5.75 Å². The molecule has 0 saturated carbocycles. The van der Waals surface area contributed by atoms with Crippen molar-refractivity contribution < 1.29 is 21.5 Å². The summed E-state index contributed by atoms with van der Waals surface area (Å²) in [5.74, 6) is 0.594. The number of ether oxygens (including phenoxy) is 2. The van der Waals surface area contributed by atoms with Gasteiger partial charge in [0, 0.05) is 19.0 Å². The second-order valence-electron chi connectivity index (χ2n) is 7.89. The summed E-state index contributed by atoms with van der Waals surface area (Å²) in [6.07, 6.45) is 2.85. The Kier molecular flexibility index (Phi) is 8.05. The van der Waals surface area contributed by atoms with Gasteiger partial charge in [-0.1, -0.05) is 29.8 Å². The number of nitrogens with zero attached hydrogens (tertiary/aromatic N) is 2. The molecule has 7 nitrogen and oxygen atoms in total. The summed E-state index contributed by atoms with van der Waals surface area (Å²) in [5, 5.41) is 1.02. The molecule has 0 radical (unpaired) electrons. The van der Waals surface area contributed by atoms with E-state index in [0.29, 0.717) is 27.3 Å². The van der Waals surface area contributed by atoms with Crippen LogP contribution in [0.4, 0.5) is 0 Å². The van der Waals surface area contributed by atoms with Crippen molar-refractivity contribution in [1.82, 2.24) is 9.97 Å². The lowest BCUT2D eigenvalue weighted by Gasteiger charge is -2.32. The van der Waals surface area contributed by atoms with Crippen molar-refractivity contribution in [2.75, 3.05) is 6.61 Å². The highest BCUT2D eigenvalue weighted by molar-refractivity contribution is 8.32. The van der Waals surface area contributed by atoms with E-state index in [0.717, 1.165) is 5.56 Å². The van der Waals surface area contributed by atoms with Crippen molar-refractivity contribution in [2.24, 2.45) is 0 Å². The fourth-order valence-electron chi connectivity index (χ4n) is 3.59. The zero-order valence-electron chi connectivity index (χ0n) is 20.3. The molecule has 4 aromatic rings. The first-order valence-electron chi connectivity index (χ1n) is 11.4. The average molecular weight is 526 g/mol. The summed E-state index contributed by atoms with van der Waals surface area (Å²) < 4.78 is 43.4. The van der Waals surface area contributed by atoms with Crippen LogP contribution in [0.25, 0.3) is 0 Å². The highest BCUT2D eigenvalue weighted by Gasteiger charge is 2.45. The van der Waals surface area contributed by atoms with Crippen LogP contribution >= 0.6 is 10.3 Å². The zero-order valence-corrected chi connectivity index (χ0v) is 21.9. The lowest BCUT2D eigenvalue weighted by molar-refractivity contribution is -0.0613. The van der Waals surface area contributed by atoms with Crippen LogP contribution in [0.5, 0.6) is 5.75 Å². The molecule has 2 aromatic carbocycles. The molecule has 0 bridgehead atoms. The summed E-state index contributed by atoms with van der Waals surface area (Å²) in [7, 11) is -6.86. The quantitative estimate of drug-likeness (QED) is 0.139. The summed E-state index contributed by atoms with van der Waals surface area (Å²) in [6, 6.07) is 24.7. The van der Waals surface area contributed by atoms with E-state index in [9.17, 15) is 8.42 Å². The molecule has 1 N–H and O–H groups in total. The first kappa shape index (κ1) is 25.8. The van der Waals surface area contributed by atoms with Crippen LogP contribution in [0.2, 0.25) is 0 Å². The molecule has 2 heterocycles. The monoisotopic (exact) mass is 525 g/mol. The van der Waals surface area contributed by atoms with Crippen molar-refractivity contribution in [2.45, 2.75) is 46.9 Å². The smallest absolute Gasteiger partial charge is 0.422 e. The minimum Gasteiger partial charge on any atom is -0.465 e. The maximum absolute atomic E-state index is 13.7. The Labute approximate surface area is 213 Å². The third-order valence-electron chi connectivity index (χ3n) is 5.28. The predicted molar refractivity (Wildman–Crippen MR) is 140 cm³/mol. The second-order valence-corrected chi connectivity index (χ2v) is 12.4. The Hall–Kier alpha value is -3.24. The molecule has 0 amide bonds. The van der Waals surface area contributed by atoms with Gasteiger partial charge in [-0.05, 0) is 81.4 Å². The Morgan fingerprint density at radius 3 is 1.86 bits per heavy atom. The summed E-state index contributed by atoms with van der Waals surface area (Å²) in [6.45, 7) is 6.15. The number of aromatic nitrogens is 2. The number of rotatable bonds is 10. The zero-order chi connectivity index (χ0) is 25.6. The molecule has 188 valence electrons. The number of hydrogen-bond acceptors (Lipinski definition) is 6. The SMILES string of the molecule is CCOC(C)Oc1ccc(S([OH+]S(=O)(=O)c2ccc(C)cc2)(c2ccccn2)c2ccccn2)cc1. The Bertz CT molecular complexity index is 1330. The molecular formula is C27H29N2O5S2+. The second kappa shape index (κ2) is 11.2. The van der Waals surface area contributed by atoms with Gasteiger partial charge < -0.3 is 9.47 Å². The van der Waals surface area contributed by atoms with E-state index < -0.39 is 26.7 Å². The van der Waals surface area contributed by atoms with Crippen LogP contribution in [-0.2, 0) is 14.9 Å². The Balaban J connectivity index is 1.89. The highest BCUT2D eigenvalue weighted by atomic mass is 32.3. The van der Waals surface area contributed by atoms with E-state index in [4.69, 9.17) is 9.47 Å². The van der Waals surface area contributed by atoms with Gasteiger partial charge in [0.15, 0.2) is 16.3 Å². The average Bonchev–Trinajstić information content (AvgIpc) is 2.89. The van der Waals surface area contributed by atoms with Crippen LogP contribution in [-0.4, -0.2) is 34.9 Å². The topological polar surface area (TPSA) is 91.2 Å². The minimum absolute atomic E-state index is 0.113. The van der Waals surface area contributed by atoms with Gasteiger partial charge in [0.1, 0.15) is 21.0 Å². The van der Waals surface area contributed by atoms with Gasteiger partial charge in [-0.3, -0.25) is 3.63 Å². The van der Waals surface area contributed by atoms with E-state index in [1.807, 2.05) is 45.0 Å².